The summed E-state index contributed by atoms with van der Waals surface area (Å²) in [6.07, 6.45) is 3.03. The van der Waals surface area contributed by atoms with Gasteiger partial charge in [-0.2, -0.15) is 10.2 Å². The van der Waals surface area contributed by atoms with E-state index in [2.05, 4.69) is 20.2 Å². The third-order valence-corrected chi connectivity index (χ3v) is 2.34. The highest BCUT2D eigenvalue weighted by atomic mass is 35.5. The van der Waals surface area contributed by atoms with Gasteiger partial charge in [0, 0.05) is 6.54 Å². The Balaban J connectivity index is 2.21. The van der Waals surface area contributed by atoms with Crippen molar-refractivity contribution in [2.24, 2.45) is 0 Å². The van der Waals surface area contributed by atoms with E-state index in [9.17, 15) is 0 Å². The van der Waals surface area contributed by atoms with Crippen molar-refractivity contribution < 1.29 is 0 Å². The van der Waals surface area contributed by atoms with E-state index in [1.165, 1.54) is 12.7 Å². The first kappa shape index (κ1) is 10.1. The summed E-state index contributed by atoms with van der Waals surface area (Å²) in [5, 5.41) is 8.16. The smallest absolute Gasteiger partial charge is 0.148 e. The number of nitrogens with zero attached hydrogens (tertiary/aromatic N) is 6. The molecule has 0 N–H and O–H groups in total. The Bertz CT molecular complexity index is 394. The van der Waals surface area contributed by atoms with Gasteiger partial charge in [0.1, 0.15) is 30.8 Å². The first-order chi connectivity index (χ1) is 7.35. The van der Waals surface area contributed by atoms with Gasteiger partial charge in [-0.1, -0.05) is 0 Å². The van der Waals surface area contributed by atoms with E-state index in [0.29, 0.717) is 12.4 Å². The van der Waals surface area contributed by atoms with Gasteiger partial charge < -0.3 is 0 Å². The highest BCUT2D eigenvalue weighted by molar-refractivity contribution is 6.16. The van der Waals surface area contributed by atoms with Crippen LogP contribution in [0, 0.1) is 0 Å². The SMILES string of the molecule is CCn1ncnc1Cn1ncnc1CCl. The highest BCUT2D eigenvalue weighted by Gasteiger charge is 2.07. The van der Waals surface area contributed by atoms with Crippen molar-refractivity contribution in [1.82, 2.24) is 29.5 Å². The van der Waals surface area contributed by atoms with Gasteiger partial charge in [-0.25, -0.2) is 19.3 Å². The summed E-state index contributed by atoms with van der Waals surface area (Å²) >= 11 is 5.72. The minimum Gasteiger partial charge on any atom is -0.249 e. The molecule has 0 aromatic carbocycles. The van der Waals surface area contributed by atoms with Crippen LogP contribution < -0.4 is 0 Å². The molecule has 0 aliphatic rings. The van der Waals surface area contributed by atoms with Gasteiger partial charge in [0.15, 0.2) is 0 Å². The van der Waals surface area contributed by atoms with Crippen LogP contribution in [-0.4, -0.2) is 29.5 Å². The Morgan fingerprint density at radius 1 is 1.13 bits per heavy atom. The summed E-state index contributed by atoms with van der Waals surface area (Å²) in [5.74, 6) is 1.94. The maximum Gasteiger partial charge on any atom is 0.148 e. The predicted octanol–water partition coefficient (Wildman–Crippen LogP) is 0.677. The molecule has 0 saturated heterocycles. The van der Waals surface area contributed by atoms with Crippen LogP contribution in [0.1, 0.15) is 18.6 Å². The van der Waals surface area contributed by atoms with Gasteiger partial charge in [0.25, 0.3) is 0 Å². The minimum atomic E-state index is 0.347. The minimum absolute atomic E-state index is 0.347. The Morgan fingerprint density at radius 3 is 2.47 bits per heavy atom. The number of halogens is 1. The molecule has 6 nitrogen and oxygen atoms in total. The number of alkyl halides is 1. The Morgan fingerprint density at radius 2 is 1.80 bits per heavy atom. The van der Waals surface area contributed by atoms with Crippen LogP contribution in [-0.2, 0) is 19.0 Å². The number of rotatable bonds is 4. The fourth-order valence-electron chi connectivity index (χ4n) is 1.33. The first-order valence-corrected chi connectivity index (χ1v) is 5.18. The molecule has 0 aliphatic carbocycles. The number of aromatic nitrogens is 6. The summed E-state index contributed by atoms with van der Waals surface area (Å²) in [6.45, 7) is 3.36. The molecule has 0 atom stereocenters. The average Bonchev–Trinajstić information content (AvgIpc) is 2.87. The second-order valence-electron chi connectivity index (χ2n) is 2.96. The Hall–Kier alpha value is -1.43. The molecule has 2 heterocycles. The van der Waals surface area contributed by atoms with Crippen LogP contribution in [0.5, 0.6) is 0 Å². The second-order valence-corrected chi connectivity index (χ2v) is 3.23. The summed E-state index contributed by atoms with van der Waals surface area (Å²) < 4.78 is 3.54. The second kappa shape index (κ2) is 4.39. The molecule has 15 heavy (non-hydrogen) atoms. The van der Waals surface area contributed by atoms with Crippen molar-refractivity contribution in [2.45, 2.75) is 25.9 Å². The zero-order valence-electron chi connectivity index (χ0n) is 8.34. The summed E-state index contributed by atoms with van der Waals surface area (Å²) in [7, 11) is 0. The lowest BCUT2D eigenvalue weighted by atomic mass is 10.5. The van der Waals surface area contributed by atoms with Crippen molar-refractivity contribution in [3.63, 3.8) is 0 Å². The lowest BCUT2D eigenvalue weighted by Crippen LogP contribution is -2.12. The monoisotopic (exact) mass is 226 g/mol. The maximum atomic E-state index is 5.72. The van der Waals surface area contributed by atoms with Gasteiger partial charge >= 0.3 is 0 Å². The van der Waals surface area contributed by atoms with Gasteiger partial charge in [-0.15, -0.1) is 11.6 Å². The summed E-state index contributed by atoms with van der Waals surface area (Å²) in [4.78, 5) is 8.19. The van der Waals surface area contributed by atoms with E-state index in [0.717, 1.165) is 18.2 Å². The van der Waals surface area contributed by atoms with E-state index in [1.54, 1.807) is 4.68 Å². The summed E-state index contributed by atoms with van der Waals surface area (Å²) in [6, 6.07) is 0. The van der Waals surface area contributed by atoms with Crippen LogP contribution in [0.3, 0.4) is 0 Å². The van der Waals surface area contributed by atoms with Crippen molar-refractivity contribution in [3.8, 4) is 0 Å². The third kappa shape index (κ3) is 1.99. The molecular formula is C8H11ClN6. The van der Waals surface area contributed by atoms with Crippen LogP contribution in [0.25, 0.3) is 0 Å². The summed E-state index contributed by atoms with van der Waals surface area (Å²) in [5.41, 5.74) is 0. The zero-order valence-corrected chi connectivity index (χ0v) is 9.09. The van der Waals surface area contributed by atoms with Crippen LogP contribution in [0.4, 0.5) is 0 Å². The highest BCUT2D eigenvalue weighted by Crippen LogP contribution is 2.02. The largest absolute Gasteiger partial charge is 0.249 e. The molecule has 0 bridgehead atoms. The Kier molecular flexibility index (Phi) is 2.96. The van der Waals surface area contributed by atoms with E-state index in [1.807, 2.05) is 11.6 Å². The zero-order chi connectivity index (χ0) is 10.7. The quantitative estimate of drug-likeness (QED) is 0.720. The maximum absolute atomic E-state index is 5.72. The molecule has 0 radical (unpaired) electrons. The van der Waals surface area contributed by atoms with Crippen molar-refractivity contribution in [1.29, 1.82) is 0 Å². The molecule has 80 valence electrons. The van der Waals surface area contributed by atoms with Gasteiger partial charge in [-0.3, -0.25) is 0 Å². The van der Waals surface area contributed by atoms with Crippen molar-refractivity contribution >= 4 is 11.6 Å². The predicted molar refractivity (Wildman–Crippen MR) is 54.4 cm³/mol. The van der Waals surface area contributed by atoms with Crippen LogP contribution >= 0.6 is 11.6 Å². The van der Waals surface area contributed by atoms with E-state index >= 15 is 0 Å². The standard InChI is InChI=1S/C8H11ClN6/c1-2-14-8(11-6-12-14)4-15-7(3-9)10-5-13-15/h5-6H,2-4H2,1H3. The van der Waals surface area contributed by atoms with Gasteiger partial charge in [0.2, 0.25) is 0 Å². The molecular weight excluding hydrogens is 216 g/mol. The van der Waals surface area contributed by atoms with E-state index in [-0.39, 0.29) is 0 Å². The van der Waals surface area contributed by atoms with Gasteiger partial charge in [0.05, 0.1) is 5.88 Å². The fourth-order valence-corrected chi connectivity index (χ4v) is 1.54. The molecule has 0 unspecified atom stereocenters. The lowest BCUT2D eigenvalue weighted by Gasteiger charge is -2.04. The molecule has 0 spiro atoms. The van der Waals surface area contributed by atoms with E-state index < -0.39 is 0 Å². The molecule has 0 amide bonds. The lowest BCUT2D eigenvalue weighted by molar-refractivity contribution is 0.558. The molecule has 0 fully saturated rings. The topological polar surface area (TPSA) is 61.4 Å². The van der Waals surface area contributed by atoms with Gasteiger partial charge in [-0.05, 0) is 6.92 Å². The van der Waals surface area contributed by atoms with Crippen molar-refractivity contribution in [2.75, 3.05) is 0 Å². The molecule has 2 aromatic heterocycles. The molecule has 0 saturated carbocycles. The molecule has 7 heteroatoms. The van der Waals surface area contributed by atoms with E-state index in [4.69, 9.17) is 11.6 Å². The van der Waals surface area contributed by atoms with Crippen LogP contribution in [0.2, 0.25) is 0 Å². The fraction of sp³-hybridized carbons (Fsp3) is 0.500. The number of hydrogen-bond donors (Lipinski definition) is 0. The molecule has 0 aliphatic heterocycles. The number of aryl methyl sites for hydroxylation is 1. The third-order valence-electron chi connectivity index (χ3n) is 2.10. The normalized spacial score (nSPS) is 10.8. The number of hydrogen-bond acceptors (Lipinski definition) is 4. The van der Waals surface area contributed by atoms with Crippen molar-refractivity contribution in [3.05, 3.63) is 24.3 Å². The average molecular weight is 227 g/mol. The van der Waals surface area contributed by atoms with Crippen LogP contribution in [0.15, 0.2) is 12.7 Å². The molecule has 2 rings (SSSR count). The molecule has 2 aromatic rings. The Labute approximate surface area is 91.9 Å². The first-order valence-electron chi connectivity index (χ1n) is 4.64.